The molecule has 0 saturated carbocycles. The second-order valence-corrected chi connectivity index (χ2v) is 6.60. The second kappa shape index (κ2) is 8.95. The molecule has 1 N–H and O–H groups in total. The molecule has 1 atom stereocenters. The van der Waals surface area contributed by atoms with Gasteiger partial charge in [0.25, 0.3) is 0 Å². The molecule has 0 radical (unpaired) electrons. The van der Waals surface area contributed by atoms with Crippen molar-refractivity contribution in [2.45, 2.75) is 19.4 Å². The van der Waals surface area contributed by atoms with Gasteiger partial charge in [-0.2, -0.15) is 0 Å². The van der Waals surface area contributed by atoms with E-state index >= 15 is 0 Å². The molecular weight excluding hydrogens is 348 g/mol. The lowest BCUT2D eigenvalue weighted by atomic mass is 10.0. The summed E-state index contributed by atoms with van der Waals surface area (Å²) in [5.74, 6) is -0.847. The Hall–Kier alpha value is -2.47. The van der Waals surface area contributed by atoms with E-state index in [0.717, 1.165) is 18.6 Å². The van der Waals surface area contributed by atoms with Crippen molar-refractivity contribution >= 4 is 5.96 Å². The molecular formula is C21H25F2N3O. The van der Waals surface area contributed by atoms with Crippen LogP contribution in [-0.4, -0.2) is 44.1 Å². The number of guanidine groups is 1. The third-order valence-corrected chi connectivity index (χ3v) is 4.82. The zero-order valence-electron chi connectivity index (χ0n) is 15.7. The molecule has 0 spiro atoms. The minimum atomic E-state index is -0.814. The molecule has 1 aliphatic heterocycles. The van der Waals surface area contributed by atoms with E-state index in [1.54, 1.807) is 13.1 Å². The highest BCUT2D eigenvalue weighted by Crippen LogP contribution is 2.25. The van der Waals surface area contributed by atoms with Crippen LogP contribution in [0.5, 0.6) is 0 Å². The number of benzene rings is 2. The van der Waals surface area contributed by atoms with E-state index in [1.165, 1.54) is 17.2 Å². The summed E-state index contributed by atoms with van der Waals surface area (Å²) in [6.45, 7) is 4.59. The molecule has 0 bridgehead atoms. The van der Waals surface area contributed by atoms with Crippen LogP contribution >= 0.6 is 0 Å². The van der Waals surface area contributed by atoms with Crippen LogP contribution in [0.15, 0.2) is 47.5 Å². The van der Waals surface area contributed by atoms with Gasteiger partial charge < -0.3 is 15.0 Å². The van der Waals surface area contributed by atoms with E-state index in [2.05, 4.69) is 34.3 Å². The second-order valence-electron chi connectivity index (χ2n) is 6.60. The number of hydrogen-bond acceptors (Lipinski definition) is 2. The summed E-state index contributed by atoms with van der Waals surface area (Å²) in [6.07, 6.45) is 0.368. The lowest BCUT2D eigenvalue weighted by Crippen LogP contribution is -2.48. The van der Waals surface area contributed by atoms with Crippen LogP contribution in [0.1, 0.15) is 22.8 Å². The topological polar surface area (TPSA) is 36.9 Å². The fourth-order valence-corrected chi connectivity index (χ4v) is 3.36. The van der Waals surface area contributed by atoms with Gasteiger partial charge >= 0.3 is 0 Å². The molecule has 0 amide bonds. The number of aliphatic imine (C=N–C) groups is 1. The number of rotatable bonds is 4. The molecule has 1 heterocycles. The third-order valence-electron chi connectivity index (χ3n) is 4.82. The molecule has 1 aliphatic rings. The predicted octanol–water partition coefficient (Wildman–Crippen LogP) is 3.46. The van der Waals surface area contributed by atoms with Gasteiger partial charge in [-0.3, -0.25) is 4.99 Å². The van der Waals surface area contributed by atoms with E-state index < -0.39 is 11.6 Å². The molecule has 27 heavy (non-hydrogen) atoms. The molecule has 1 fully saturated rings. The summed E-state index contributed by atoms with van der Waals surface area (Å²) in [7, 11) is 1.73. The summed E-state index contributed by atoms with van der Waals surface area (Å²) < 4.78 is 33.1. The number of nitrogens with zero attached hydrogens (tertiary/aromatic N) is 2. The Bertz CT molecular complexity index is 810. The normalized spacial score (nSPS) is 17.9. The zero-order chi connectivity index (χ0) is 19.2. The Labute approximate surface area is 158 Å². The summed E-state index contributed by atoms with van der Waals surface area (Å²) in [6, 6.07) is 12.5. The Kier molecular flexibility index (Phi) is 6.40. The van der Waals surface area contributed by atoms with Crippen molar-refractivity contribution in [3.8, 4) is 0 Å². The van der Waals surface area contributed by atoms with Gasteiger partial charge in [0, 0.05) is 20.1 Å². The van der Waals surface area contributed by atoms with Gasteiger partial charge in [-0.15, -0.1) is 0 Å². The van der Waals surface area contributed by atoms with Crippen LogP contribution in [0.2, 0.25) is 0 Å². The highest BCUT2D eigenvalue weighted by Gasteiger charge is 2.25. The Morgan fingerprint density at radius 1 is 1.22 bits per heavy atom. The molecule has 1 unspecified atom stereocenters. The maximum Gasteiger partial charge on any atom is 0.193 e. The van der Waals surface area contributed by atoms with Gasteiger partial charge in [0.15, 0.2) is 17.6 Å². The highest BCUT2D eigenvalue weighted by atomic mass is 19.2. The Morgan fingerprint density at radius 2 is 2.04 bits per heavy atom. The fraction of sp³-hybridized carbons (Fsp3) is 0.381. The Balaban J connectivity index is 1.60. The smallest absolute Gasteiger partial charge is 0.193 e. The first kappa shape index (κ1) is 19.3. The van der Waals surface area contributed by atoms with Crippen LogP contribution in [0, 0.1) is 18.6 Å². The number of hydrogen-bond donors (Lipinski definition) is 1. The van der Waals surface area contributed by atoms with E-state index in [9.17, 15) is 8.78 Å². The average Bonchev–Trinajstić information content (AvgIpc) is 2.69. The first-order chi connectivity index (χ1) is 13.1. The third kappa shape index (κ3) is 4.63. The lowest BCUT2D eigenvalue weighted by Gasteiger charge is -2.35. The van der Waals surface area contributed by atoms with Gasteiger partial charge in [0.2, 0.25) is 0 Å². The first-order valence-electron chi connectivity index (χ1n) is 9.15. The fourth-order valence-electron chi connectivity index (χ4n) is 3.36. The largest absolute Gasteiger partial charge is 0.370 e. The molecule has 0 aliphatic carbocycles. The van der Waals surface area contributed by atoms with Crippen molar-refractivity contribution in [1.82, 2.24) is 10.2 Å². The monoisotopic (exact) mass is 373 g/mol. The van der Waals surface area contributed by atoms with Gasteiger partial charge in [-0.25, -0.2) is 8.78 Å². The van der Waals surface area contributed by atoms with Crippen molar-refractivity contribution in [3.63, 3.8) is 0 Å². The highest BCUT2D eigenvalue weighted by molar-refractivity contribution is 5.80. The molecule has 1 saturated heterocycles. The summed E-state index contributed by atoms with van der Waals surface area (Å²) in [4.78, 5) is 6.48. The summed E-state index contributed by atoms with van der Waals surface area (Å²) in [5, 5.41) is 3.25. The van der Waals surface area contributed by atoms with Crippen LogP contribution in [0.25, 0.3) is 0 Å². The van der Waals surface area contributed by atoms with E-state index in [1.807, 2.05) is 12.1 Å². The molecule has 2 aromatic carbocycles. The van der Waals surface area contributed by atoms with Crippen LogP contribution in [0.4, 0.5) is 8.78 Å². The lowest BCUT2D eigenvalue weighted by molar-refractivity contribution is -0.00829. The van der Waals surface area contributed by atoms with Crippen molar-refractivity contribution in [2.24, 2.45) is 4.99 Å². The number of nitrogens with one attached hydrogen (secondary N) is 1. The predicted molar refractivity (Wildman–Crippen MR) is 103 cm³/mol. The number of aryl methyl sites for hydroxylation is 1. The molecule has 0 aromatic heterocycles. The van der Waals surface area contributed by atoms with Crippen molar-refractivity contribution in [2.75, 3.05) is 33.3 Å². The summed E-state index contributed by atoms with van der Waals surface area (Å²) in [5.41, 5.74) is 2.74. The van der Waals surface area contributed by atoms with Crippen LogP contribution < -0.4 is 5.32 Å². The van der Waals surface area contributed by atoms with E-state index in [0.29, 0.717) is 31.7 Å². The maximum absolute atomic E-state index is 13.8. The van der Waals surface area contributed by atoms with Gasteiger partial charge in [-0.05, 0) is 36.1 Å². The average molecular weight is 373 g/mol. The quantitative estimate of drug-likeness (QED) is 0.659. The van der Waals surface area contributed by atoms with Crippen LogP contribution in [0.3, 0.4) is 0 Å². The standard InChI is InChI=1S/C21H25F2N3O/c1-15-6-3-4-8-17(15)19-14-26(12-13-27-19)21(24-2)25-11-10-16-7-5-9-18(22)20(16)23/h3-9,19H,10-14H2,1-2H3,(H,24,25). The van der Waals surface area contributed by atoms with Crippen molar-refractivity contribution in [3.05, 3.63) is 70.8 Å². The van der Waals surface area contributed by atoms with Gasteiger partial charge in [-0.1, -0.05) is 36.4 Å². The SMILES string of the molecule is CN=C(NCCc1cccc(F)c1F)N1CCOC(c2ccccc2C)C1. The van der Waals surface area contributed by atoms with E-state index in [4.69, 9.17) is 4.74 Å². The molecule has 144 valence electrons. The molecule has 6 heteroatoms. The first-order valence-corrected chi connectivity index (χ1v) is 9.15. The minimum Gasteiger partial charge on any atom is -0.370 e. The number of morpholine rings is 1. The number of halogens is 2. The molecule has 3 rings (SSSR count). The molecule has 4 nitrogen and oxygen atoms in total. The maximum atomic E-state index is 13.8. The minimum absolute atomic E-state index is 0.0147. The zero-order valence-corrected chi connectivity index (χ0v) is 15.7. The van der Waals surface area contributed by atoms with Gasteiger partial charge in [0.05, 0.1) is 13.2 Å². The van der Waals surface area contributed by atoms with E-state index in [-0.39, 0.29) is 6.10 Å². The van der Waals surface area contributed by atoms with Crippen molar-refractivity contribution in [1.29, 1.82) is 0 Å². The summed E-state index contributed by atoms with van der Waals surface area (Å²) >= 11 is 0. The number of ether oxygens (including phenoxy) is 1. The van der Waals surface area contributed by atoms with Gasteiger partial charge in [0.1, 0.15) is 6.10 Å². The Morgan fingerprint density at radius 3 is 2.81 bits per heavy atom. The molecule has 2 aromatic rings. The van der Waals surface area contributed by atoms with Crippen molar-refractivity contribution < 1.29 is 13.5 Å². The van der Waals surface area contributed by atoms with Crippen LogP contribution in [-0.2, 0) is 11.2 Å².